The van der Waals surface area contributed by atoms with Crippen LogP contribution < -0.4 is 15.8 Å². The zero-order chi connectivity index (χ0) is 12.0. The molecule has 5 heteroatoms. The molecule has 1 aromatic carbocycles. The number of anilines is 1. The van der Waals surface area contributed by atoms with Gasteiger partial charge in [-0.05, 0) is 19.1 Å². The van der Waals surface area contributed by atoms with E-state index >= 15 is 0 Å². The van der Waals surface area contributed by atoms with Gasteiger partial charge in [0.05, 0.1) is 11.8 Å². The van der Waals surface area contributed by atoms with E-state index in [1.807, 2.05) is 0 Å². The minimum atomic E-state index is -0.564. The molecule has 0 radical (unpaired) electrons. The van der Waals surface area contributed by atoms with Crippen molar-refractivity contribution in [1.82, 2.24) is 5.32 Å². The molecular formula is C11H16N2O3. The van der Waals surface area contributed by atoms with Crippen molar-refractivity contribution >= 4 is 11.6 Å². The fraction of sp³-hybridized carbons (Fsp3) is 0.364. The van der Waals surface area contributed by atoms with Gasteiger partial charge in [0, 0.05) is 6.54 Å². The van der Waals surface area contributed by atoms with E-state index in [0.29, 0.717) is 11.4 Å². The number of rotatable bonds is 5. The van der Waals surface area contributed by atoms with Crippen LogP contribution in [0.5, 0.6) is 5.75 Å². The summed E-state index contributed by atoms with van der Waals surface area (Å²) < 4.78 is 5.21. The summed E-state index contributed by atoms with van der Waals surface area (Å²) in [5.74, 6) is 0.193. The molecule has 1 aromatic rings. The Hall–Kier alpha value is -1.75. The number of ether oxygens (including phenoxy) is 1. The highest BCUT2D eigenvalue weighted by molar-refractivity contribution is 5.77. The number of carbonyl (C=O) groups excluding carboxylic acids is 1. The number of para-hydroxylation sites is 2. The Labute approximate surface area is 94.2 Å². The molecule has 0 spiro atoms. The molecule has 0 saturated heterocycles. The molecule has 0 aliphatic rings. The van der Waals surface area contributed by atoms with E-state index in [2.05, 4.69) is 5.32 Å². The number of nitrogens with one attached hydrogen (secondary N) is 1. The van der Waals surface area contributed by atoms with Gasteiger partial charge in [0.25, 0.3) is 5.91 Å². The lowest BCUT2D eigenvalue weighted by atomic mass is 10.3. The van der Waals surface area contributed by atoms with E-state index in [0.717, 1.165) is 0 Å². The lowest BCUT2D eigenvalue weighted by Crippen LogP contribution is -2.34. The van der Waals surface area contributed by atoms with Crippen molar-refractivity contribution < 1.29 is 14.6 Å². The van der Waals surface area contributed by atoms with Crippen molar-refractivity contribution in [3.63, 3.8) is 0 Å². The van der Waals surface area contributed by atoms with Crippen LogP contribution in [0, 0.1) is 0 Å². The molecule has 1 atom stereocenters. The second-order valence-corrected chi connectivity index (χ2v) is 3.48. The van der Waals surface area contributed by atoms with Crippen LogP contribution >= 0.6 is 0 Å². The number of hydrogen-bond donors (Lipinski definition) is 3. The fourth-order valence-electron chi connectivity index (χ4n) is 1.07. The molecule has 0 fully saturated rings. The number of hydrogen-bond acceptors (Lipinski definition) is 4. The third-order valence-electron chi connectivity index (χ3n) is 1.87. The summed E-state index contributed by atoms with van der Waals surface area (Å²) in [4.78, 5) is 11.2. The van der Waals surface area contributed by atoms with E-state index in [4.69, 9.17) is 15.6 Å². The van der Waals surface area contributed by atoms with Gasteiger partial charge in [-0.2, -0.15) is 0 Å². The van der Waals surface area contributed by atoms with Crippen molar-refractivity contribution in [3.05, 3.63) is 24.3 Å². The Bertz CT molecular complexity index is 353. The third kappa shape index (κ3) is 4.18. The quantitative estimate of drug-likeness (QED) is 0.621. The second-order valence-electron chi connectivity index (χ2n) is 3.48. The molecule has 4 N–H and O–H groups in total. The lowest BCUT2D eigenvalue weighted by Gasteiger charge is -2.09. The number of nitrogens with two attached hydrogens (primary N) is 1. The van der Waals surface area contributed by atoms with Gasteiger partial charge in [-0.25, -0.2) is 0 Å². The van der Waals surface area contributed by atoms with E-state index < -0.39 is 6.10 Å². The van der Waals surface area contributed by atoms with Gasteiger partial charge < -0.3 is 20.9 Å². The summed E-state index contributed by atoms with van der Waals surface area (Å²) in [6.45, 7) is 1.70. The number of aliphatic hydroxyl groups is 1. The molecular weight excluding hydrogens is 208 g/mol. The number of nitrogen functional groups attached to an aromatic ring is 1. The summed E-state index contributed by atoms with van der Waals surface area (Å²) in [7, 11) is 0. The smallest absolute Gasteiger partial charge is 0.258 e. The van der Waals surface area contributed by atoms with Crippen LogP contribution in [-0.4, -0.2) is 30.3 Å². The van der Waals surface area contributed by atoms with Crippen LogP contribution in [0.4, 0.5) is 5.69 Å². The van der Waals surface area contributed by atoms with Crippen molar-refractivity contribution in [3.8, 4) is 5.75 Å². The third-order valence-corrected chi connectivity index (χ3v) is 1.87. The fourth-order valence-corrected chi connectivity index (χ4v) is 1.07. The molecule has 1 unspecified atom stereocenters. The standard InChI is InChI=1S/C11H16N2O3/c1-8(14)6-13-11(15)7-16-10-5-3-2-4-9(10)12/h2-5,8,14H,6-7,12H2,1H3,(H,13,15). The molecule has 0 heterocycles. The Morgan fingerprint density at radius 2 is 2.25 bits per heavy atom. The molecule has 5 nitrogen and oxygen atoms in total. The molecule has 0 saturated carbocycles. The molecule has 88 valence electrons. The van der Waals surface area contributed by atoms with E-state index in [1.54, 1.807) is 31.2 Å². The van der Waals surface area contributed by atoms with Crippen LogP contribution in [0.25, 0.3) is 0 Å². The van der Waals surface area contributed by atoms with Gasteiger partial charge in [-0.1, -0.05) is 12.1 Å². The first-order valence-corrected chi connectivity index (χ1v) is 5.01. The second kappa shape index (κ2) is 5.97. The number of aliphatic hydroxyl groups excluding tert-OH is 1. The first-order chi connectivity index (χ1) is 7.59. The van der Waals surface area contributed by atoms with Gasteiger partial charge in [0.15, 0.2) is 6.61 Å². The Kier molecular flexibility index (Phi) is 4.60. The normalized spacial score (nSPS) is 11.9. The maximum absolute atomic E-state index is 11.2. The van der Waals surface area contributed by atoms with Gasteiger partial charge >= 0.3 is 0 Å². The highest BCUT2D eigenvalue weighted by Crippen LogP contribution is 2.19. The topological polar surface area (TPSA) is 84.6 Å². The monoisotopic (exact) mass is 224 g/mol. The molecule has 0 aromatic heterocycles. The number of amides is 1. The Morgan fingerprint density at radius 3 is 2.88 bits per heavy atom. The van der Waals surface area contributed by atoms with Crippen molar-refractivity contribution in [2.75, 3.05) is 18.9 Å². The summed E-state index contributed by atoms with van der Waals surface area (Å²) >= 11 is 0. The lowest BCUT2D eigenvalue weighted by molar-refractivity contribution is -0.123. The molecule has 0 bridgehead atoms. The summed E-state index contributed by atoms with van der Waals surface area (Å²) in [6, 6.07) is 6.95. The maximum atomic E-state index is 11.2. The van der Waals surface area contributed by atoms with Crippen molar-refractivity contribution in [1.29, 1.82) is 0 Å². The average molecular weight is 224 g/mol. The van der Waals surface area contributed by atoms with Gasteiger partial charge in [0.2, 0.25) is 0 Å². The van der Waals surface area contributed by atoms with E-state index in [1.165, 1.54) is 0 Å². The van der Waals surface area contributed by atoms with Crippen molar-refractivity contribution in [2.24, 2.45) is 0 Å². The Morgan fingerprint density at radius 1 is 1.56 bits per heavy atom. The molecule has 0 aliphatic carbocycles. The first-order valence-electron chi connectivity index (χ1n) is 5.01. The van der Waals surface area contributed by atoms with Crippen LogP contribution in [0.1, 0.15) is 6.92 Å². The molecule has 16 heavy (non-hydrogen) atoms. The van der Waals surface area contributed by atoms with Gasteiger partial charge in [-0.15, -0.1) is 0 Å². The van der Waals surface area contributed by atoms with Gasteiger partial charge in [0.1, 0.15) is 5.75 Å². The van der Waals surface area contributed by atoms with Crippen LogP contribution in [0.15, 0.2) is 24.3 Å². The zero-order valence-corrected chi connectivity index (χ0v) is 9.14. The van der Waals surface area contributed by atoms with Crippen LogP contribution in [0.2, 0.25) is 0 Å². The largest absolute Gasteiger partial charge is 0.482 e. The summed E-state index contributed by atoms with van der Waals surface area (Å²) in [6.07, 6.45) is -0.564. The van der Waals surface area contributed by atoms with E-state index in [-0.39, 0.29) is 19.1 Å². The predicted octanol–water partition coefficient (Wildman–Crippen LogP) is 0.145. The number of carbonyl (C=O) groups is 1. The van der Waals surface area contributed by atoms with E-state index in [9.17, 15) is 4.79 Å². The average Bonchev–Trinajstić information content (AvgIpc) is 2.25. The predicted molar refractivity (Wildman–Crippen MR) is 61.0 cm³/mol. The Balaban J connectivity index is 2.35. The molecule has 1 amide bonds. The summed E-state index contributed by atoms with van der Waals surface area (Å²) in [5.41, 5.74) is 6.12. The van der Waals surface area contributed by atoms with Crippen LogP contribution in [0.3, 0.4) is 0 Å². The first kappa shape index (κ1) is 12.3. The maximum Gasteiger partial charge on any atom is 0.258 e. The minimum Gasteiger partial charge on any atom is -0.482 e. The number of benzene rings is 1. The molecule has 1 rings (SSSR count). The van der Waals surface area contributed by atoms with Crippen LogP contribution in [-0.2, 0) is 4.79 Å². The minimum absolute atomic E-state index is 0.110. The van der Waals surface area contributed by atoms with Gasteiger partial charge in [-0.3, -0.25) is 4.79 Å². The summed E-state index contributed by atoms with van der Waals surface area (Å²) in [5, 5.41) is 11.5. The molecule has 0 aliphatic heterocycles. The highest BCUT2D eigenvalue weighted by Gasteiger charge is 2.05. The van der Waals surface area contributed by atoms with Crippen molar-refractivity contribution in [2.45, 2.75) is 13.0 Å². The SMILES string of the molecule is CC(O)CNC(=O)COc1ccccc1N. The zero-order valence-electron chi connectivity index (χ0n) is 9.14. The highest BCUT2D eigenvalue weighted by atomic mass is 16.5.